The lowest BCUT2D eigenvalue weighted by Crippen LogP contribution is -2.33. The van der Waals surface area contributed by atoms with E-state index < -0.39 is 0 Å². The molecule has 0 saturated heterocycles. The topological polar surface area (TPSA) is 9.72 Å². The van der Waals surface area contributed by atoms with Crippen molar-refractivity contribution >= 4 is 11.3 Å². The molecule has 0 bridgehead atoms. The van der Waals surface area contributed by atoms with Crippen LogP contribution in [0, 0.1) is 0 Å². The molecule has 0 N–H and O–H groups in total. The fourth-order valence-electron chi connectivity index (χ4n) is 5.17. The number of benzene rings is 2. The zero-order valence-corrected chi connectivity index (χ0v) is 20.7. The summed E-state index contributed by atoms with van der Waals surface area (Å²) in [5, 5.41) is 0. The third-order valence-electron chi connectivity index (χ3n) is 7.25. The Kier molecular flexibility index (Phi) is 7.39. The van der Waals surface area contributed by atoms with Gasteiger partial charge < -0.3 is 9.80 Å². The molecule has 3 nitrogen and oxygen atoms in total. The molecule has 1 aliphatic heterocycles. The SMILES string of the molecule is C=CN(CCCN1CCC2=C(Cc3ccc(CC)cc32)C1)c1ccccc1CC(=C)N(C)C. The van der Waals surface area contributed by atoms with Crippen LogP contribution in [0.2, 0.25) is 0 Å². The average Bonchev–Trinajstić information content (AvgIpc) is 3.19. The van der Waals surface area contributed by atoms with Crippen molar-refractivity contribution in [2.24, 2.45) is 0 Å². The second kappa shape index (κ2) is 10.4. The lowest BCUT2D eigenvalue weighted by atomic mass is 9.97. The van der Waals surface area contributed by atoms with Crippen LogP contribution in [0.1, 0.15) is 42.0 Å². The Morgan fingerprint density at radius 2 is 1.97 bits per heavy atom. The number of para-hydroxylation sites is 1. The maximum atomic E-state index is 4.22. The summed E-state index contributed by atoms with van der Waals surface area (Å²) in [7, 11) is 4.11. The zero-order chi connectivity index (χ0) is 23.4. The number of anilines is 1. The molecule has 1 heterocycles. The number of nitrogens with zero attached hydrogens (tertiary/aromatic N) is 3. The molecule has 3 heteroatoms. The second-order valence-electron chi connectivity index (χ2n) is 9.63. The molecule has 1 aliphatic carbocycles. The summed E-state index contributed by atoms with van der Waals surface area (Å²) in [5.74, 6) is 0. The Balaban J connectivity index is 1.35. The van der Waals surface area contributed by atoms with E-state index in [9.17, 15) is 0 Å². The number of rotatable bonds is 10. The highest BCUT2D eigenvalue weighted by Gasteiger charge is 2.26. The van der Waals surface area contributed by atoms with Gasteiger partial charge in [-0.1, -0.05) is 56.5 Å². The number of hydrogen-bond donors (Lipinski definition) is 0. The maximum Gasteiger partial charge on any atom is 0.0442 e. The normalized spacial score (nSPS) is 15.2. The minimum Gasteiger partial charge on any atom is -0.381 e. The molecule has 0 spiro atoms. The smallest absolute Gasteiger partial charge is 0.0442 e. The Hall–Kier alpha value is -2.78. The van der Waals surface area contributed by atoms with E-state index in [1.165, 1.54) is 40.9 Å². The van der Waals surface area contributed by atoms with E-state index in [2.05, 4.69) is 91.3 Å². The molecule has 0 radical (unpaired) electrons. The second-order valence-corrected chi connectivity index (χ2v) is 9.63. The molecule has 2 aliphatic rings. The summed E-state index contributed by atoms with van der Waals surface area (Å²) in [5.41, 5.74) is 11.5. The van der Waals surface area contributed by atoms with Gasteiger partial charge in [-0.15, -0.1) is 0 Å². The van der Waals surface area contributed by atoms with Crippen molar-refractivity contribution in [1.82, 2.24) is 9.80 Å². The standard InChI is InChI=1S/C30H39N3/c1-6-24-13-14-25-21-27-22-32(18-15-28(27)29(25)20-24)16-10-17-33(7-2)30-12-9-8-11-26(30)19-23(3)31(4)5/h7-9,11-14,20H,2-3,6,10,15-19,21-22H2,1,4-5H3. The lowest BCUT2D eigenvalue weighted by molar-refractivity contribution is 0.291. The zero-order valence-electron chi connectivity index (χ0n) is 20.7. The van der Waals surface area contributed by atoms with Crippen LogP contribution in [-0.4, -0.2) is 50.1 Å². The molecule has 2 aromatic carbocycles. The number of hydrogen-bond acceptors (Lipinski definition) is 3. The molecule has 0 saturated carbocycles. The third-order valence-corrected chi connectivity index (χ3v) is 7.25. The van der Waals surface area contributed by atoms with Gasteiger partial charge in [0.15, 0.2) is 0 Å². The Bertz CT molecular complexity index is 1050. The number of aryl methyl sites for hydroxylation is 1. The van der Waals surface area contributed by atoms with Gasteiger partial charge in [0, 0.05) is 58.1 Å². The van der Waals surface area contributed by atoms with Crippen molar-refractivity contribution in [2.75, 3.05) is 45.2 Å². The van der Waals surface area contributed by atoms with E-state index >= 15 is 0 Å². The van der Waals surface area contributed by atoms with Crippen molar-refractivity contribution < 1.29 is 0 Å². The third kappa shape index (κ3) is 5.25. The molecule has 4 rings (SSSR count). The van der Waals surface area contributed by atoms with Gasteiger partial charge in [0.2, 0.25) is 0 Å². The largest absolute Gasteiger partial charge is 0.381 e. The van der Waals surface area contributed by atoms with Gasteiger partial charge in [-0.3, -0.25) is 4.90 Å². The summed E-state index contributed by atoms with van der Waals surface area (Å²) in [4.78, 5) is 7.05. The van der Waals surface area contributed by atoms with E-state index in [1.54, 1.807) is 11.1 Å². The van der Waals surface area contributed by atoms with Crippen LogP contribution in [0.25, 0.3) is 5.57 Å². The summed E-state index contributed by atoms with van der Waals surface area (Å²) >= 11 is 0. The van der Waals surface area contributed by atoms with Gasteiger partial charge in [0.25, 0.3) is 0 Å². The molecular formula is C30H39N3. The monoisotopic (exact) mass is 441 g/mol. The first-order chi connectivity index (χ1) is 16.0. The first-order valence-electron chi connectivity index (χ1n) is 12.4. The highest BCUT2D eigenvalue weighted by Crippen LogP contribution is 2.38. The van der Waals surface area contributed by atoms with E-state index in [4.69, 9.17) is 0 Å². The van der Waals surface area contributed by atoms with Gasteiger partial charge >= 0.3 is 0 Å². The van der Waals surface area contributed by atoms with Crippen molar-refractivity contribution in [1.29, 1.82) is 0 Å². The molecule has 0 fully saturated rings. The highest BCUT2D eigenvalue weighted by molar-refractivity contribution is 5.78. The minimum absolute atomic E-state index is 0.858. The van der Waals surface area contributed by atoms with E-state index in [1.807, 2.05) is 6.20 Å². The molecule has 0 atom stereocenters. The maximum absolute atomic E-state index is 4.22. The molecule has 2 aromatic rings. The summed E-state index contributed by atoms with van der Waals surface area (Å²) < 4.78 is 0. The van der Waals surface area contributed by atoms with Crippen LogP contribution < -0.4 is 4.90 Å². The number of allylic oxidation sites excluding steroid dienone is 1. The van der Waals surface area contributed by atoms with Gasteiger partial charge in [-0.05, 0) is 71.3 Å². The van der Waals surface area contributed by atoms with Gasteiger partial charge in [0.1, 0.15) is 0 Å². The quantitative estimate of drug-likeness (QED) is 0.453. The van der Waals surface area contributed by atoms with E-state index in [-0.39, 0.29) is 0 Å². The van der Waals surface area contributed by atoms with Crippen LogP contribution in [0.15, 0.2) is 73.1 Å². The van der Waals surface area contributed by atoms with Crippen LogP contribution in [-0.2, 0) is 19.3 Å². The van der Waals surface area contributed by atoms with Crippen molar-refractivity contribution in [3.8, 4) is 0 Å². The minimum atomic E-state index is 0.858. The molecular weight excluding hydrogens is 402 g/mol. The first-order valence-corrected chi connectivity index (χ1v) is 12.4. The van der Waals surface area contributed by atoms with Crippen LogP contribution in [0.5, 0.6) is 0 Å². The molecule has 33 heavy (non-hydrogen) atoms. The van der Waals surface area contributed by atoms with Crippen molar-refractivity contribution in [2.45, 2.75) is 39.0 Å². The molecule has 0 aromatic heterocycles. The molecule has 0 unspecified atom stereocenters. The fraction of sp³-hybridized carbons (Fsp3) is 0.400. The average molecular weight is 442 g/mol. The van der Waals surface area contributed by atoms with E-state index in [0.29, 0.717) is 0 Å². The lowest BCUT2D eigenvalue weighted by Gasteiger charge is -2.30. The van der Waals surface area contributed by atoms with Crippen LogP contribution >= 0.6 is 0 Å². The van der Waals surface area contributed by atoms with E-state index in [0.717, 1.165) is 51.0 Å². The predicted octanol–water partition coefficient (Wildman–Crippen LogP) is 5.92. The fourth-order valence-corrected chi connectivity index (χ4v) is 5.17. The summed E-state index contributed by atoms with van der Waals surface area (Å²) in [6.45, 7) is 15.0. The molecule has 174 valence electrons. The summed E-state index contributed by atoms with van der Waals surface area (Å²) in [6.07, 6.45) is 7.42. The van der Waals surface area contributed by atoms with Gasteiger partial charge in [-0.2, -0.15) is 0 Å². The Morgan fingerprint density at radius 1 is 1.15 bits per heavy atom. The Morgan fingerprint density at radius 3 is 2.73 bits per heavy atom. The van der Waals surface area contributed by atoms with Crippen LogP contribution in [0.4, 0.5) is 5.69 Å². The molecule has 0 amide bonds. The van der Waals surface area contributed by atoms with Crippen LogP contribution in [0.3, 0.4) is 0 Å². The predicted molar refractivity (Wildman–Crippen MR) is 143 cm³/mol. The number of fused-ring (bicyclic) bond motifs is 2. The van der Waals surface area contributed by atoms with Crippen molar-refractivity contribution in [3.63, 3.8) is 0 Å². The van der Waals surface area contributed by atoms with Gasteiger partial charge in [0.05, 0.1) is 0 Å². The summed E-state index contributed by atoms with van der Waals surface area (Å²) in [6, 6.07) is 15.8. The Labute approximate surface area is 200 Å². The van der Waals surface area contributed by atoms with Crippen molar-refractivity contribution in [3.05, 3.63) is 95.3 Å². The highest BCUT2D eigenvalue weighted by atomic mass is 15.1. The number of likely N-dealkylation sites (N-methyl/N-ethyl adjacent to an activating group) is 1. The van der Waals surface area contributed by atoms with Gasteiger partial charge in [-0.25, -0.2) is 0 Å². The first kappa shape index (κ1) is 23.4.